The first-order chi connectivity index (χ1) is 7.20. The summed E-state index contributed by atoms with van der Waals surface area (Å²) in [6.07, 6.45) is 6.70. The predicted octanol–water partition coefficient (Wildman–Crippen LogP) is 4.08. The highest BCUT2D eigenvalue weighted by Gasteiger charge is 2.08. The molecular formula is C13H29NS. The van der Waals surface area contributed by atoms with Gasteiger partial charge in [0.15, 0.2) is 0 Å². The molecule has 0 aliphatic rings. The van der Waals surface area contributed by atoms with E-state index >= 15 is 0 Å². The summed E-state index contributed by atoms with van der Waals surface area (Å²) in [7, 11) is 0. The molecule has 0 spiro atoms. The average molecular weight is 231 g/mol. The third-order valence-electron chi connectivity index (χ3n) is 2.47. The first kappa shape index (κ1) is 15.3. The van der Waals surface area contributed by atoms with Gasteiger partial charge in [-0.05, 0) is 24.6 Å². The van der Waals surface area contributed by atoms with Gasteiger partial charge in [-0.15, -0.1) is 0 Å². The summed E-state index contributed by atoms with van der Waals surface area (Å²) >= 11 is 2.09. The zero-order chi connectivity index (χ0) is 11.5. The summed E-state index contributed by atoms with van der Waals surface area (Å²) in [6.45, 7) is 10.3. The predicted molar refractivity (Wildman–Crippen MR) is 73.8 cm³/mol. The van der Waals surface area contributed by atoms with Gasteiger partial charge in [0.2, 0.25) is 0 Å². The van der Waals surface area contributed by atoms with Crippen molar-refractivity contribution in [3.8, 4) is 0 Å². The van der Waals surface area contributed by atoms with E-state index in [9.17, 15) is 0 Å². The lowest BCUT2D eigenvalue weighted by Gasteiger charge is -2.19. The van der Waals surface area contributed by atoms with Crippen molar-refractivity contribution in [1.82, 2.24) is 5.32 Å². The molecule has 1 nitrogen and oxygen atoms in total. The third-order valence-corrected chi connectivity index (χ3v) is 3.73. The fourth-order valence-electron chi connectivity index (χ4n) is 1.54. The zero-order valence-electron chi connectivity index (χ0n) is 11.0. The minimum atomic E-state index is 0.740. The van der Waals surface area contributed by atoms with E-state index in [0.29, 0.717) is 0 Å². The highest BCUT2D eigenvalue weighted by Crippen LogP contribution is 2.14. The fraction of sp³-hybridized carbons (Fsp3) is 1.00. The van der Waals surface area contributed by atoms with E-state index in [-0.39, 0.29) is 0 Å². The summed E-state index contributed by atoms with van der Waals surface area (Å²) in [5.41, 5.74) is 0. The first-order valence-corrected chi connectivity index (χ1v) is 7.60. The van der Waals surface area contributed by atoms with E-state index in [4.69, 9.17) is 0 Å². The largest absolute Gasteiger partial charge is 0.313 e. The number of rotatable bonds is 10. The molecule has 0 aromatic carbocycles. The Morgan fingerprint density at radius 3 is 2.33 bits per heavy atom. The van der Waals surface area contributed by atoms with Crippen molar-refractivity contribution in [2.75, 3.05) is 12.3 Å². The van der Waals surface area contributed by atoms with Crippen LogP contribution >= 0.6 is 11.8 Å². The van der Waals surface area contributed by atoms with E-state index in [1.165, 1.54) is 44.4 Å². The summed E-state index contributed by atoms with van der Waals surface area (Å²) in [5, 5.41) is 4.43. The van der Waals surface area contributed by atoms with Gasteiger partial charge in [-0.3, -0.25) is 0 Å². The Morgan fingerprint density at radius 1 is 1.07 bits per heavy atom. The summed E-state index contributed by atoms with van der Waals surface area (Å²) in [4.78, 5) is 0. The van der Waals surface area contributed by atoms with Crippen molar-refractivity contribution in [2.24, 2.45) is 0 Å². The Morgan fingerprint density at radius 2 is 1.80 bits per heavy atom. The number of hydrogen-bond acceptors (Lipinski definition) is 2. The summed E-state index contributed by atoms with van der Waals surface area (Å²) in [6, 6.07) is 0.740. The van der Waals surface area contributed by atoms with E-state index in [0.717, 1.165) is 11.3 Å². The van der Waals surface area contributed by atoms with Crippen LogP contribution in [0.4, 0.5) is 0 Å². The van der Waals surface area contributed by atoms with Gasteiger partial charge in [0.1, 0.15) is 0 Å². The number of hydrogen-bond donors (Lipinski definition) is 1. The van der Waals surface area contributed by atoms with Crippen LogP contribution in [0.15, 0.2) is 0 Å². The maximum atomic E-state index is 3.66. The van der Waals surface area contributed by atoms with E-state index in [1.54, 1.807) is 0 Å². The molecule has 0 aliphatic heterocycles. The average Bonchev–Trinajstić information content (AvgIpc) is 2.21. The monoisotopic (exact) mass is 231 g/mol. The molecule has 1 N–H and O–H groups in total. The van der Waals surface area contributed by atoms with Crippen LogP contribution in [0.5, 0.6) is 0 Å². The minimum Gasteiger partial charge on any atom is -0.313 e. The molecule has 0 aliphatic carbocycles. The van der Waals surface area contributed by atoms with Crippen LogP contribution in [0.25, 0.3) is 0 Å². The van der Waals surface area contributed by atoms with Crippen LogP contribution in [0.3, 0.4) is 0 Å². The molecule has 2 heteroatoms. The molecule has 0 saturated heterocycles. The van der Waals surface area contributed by atoms with Crippen LogP contribution in [-0.4, -0.2) is 23.6 Å². The molecule has 0 rings (SSSR count). The molecule has 92 valence electrons. The third kappa shape index (κ3) is 10.6. The molecule has 0 heterocycles. The molecule has 0 bridgehead atoms. The molecule has 15 heavy (non-hydrogen) atoms. The molecule has 0 aromatic heterocycles. The molecule has 0 amide bonds. The van der Waals surface area contributed by atoms with Crippen molar-refractivity contribution < 1.29 is 0 Å². The quantitative estimate of drug-likeness (QED) is 0.569. The van der Waals surface area contributed by atoms with Crippen molar-refractivity contribution in [1.29, 1.82) is 0 Å². The van der Waals surface area contributed by atoms with Gasteiger partial charge < -0.3 is 5.32 Å². The van der Waals surface area contributed by atoms with E-state index in [2.05, 4.69) is 44.8 Å². The molecular weight excluding hydrogens is 202 g/mol. The fourth-order valence-corrected chi connectivity index (χ4v) is 2.44. The number of thioether (sulfide) groups is 1. The smallest absolute Gasteiger partial charge is 0.0158 e. The summed E-state index contributed by atoms with van der Waals surface area (Å²) in [5.74, 6) is 1.28. The van der Waals surface area contributed by atoms with Crippen LogP contribution in [0.2, 0.25) is 0 Å². The van der Waals surface area contributed by atoms with Crippen molar-refractivity contribution in [2.45, 2.75) is 71.1 Å². The van der Waals surface area contributed by atoms with Gasteiger partial charge in [-0.25, -0.2) is 0 Å². The molecule has 1 unspecified atom stereocenters. The first-order valence-electron chi connectivity index (χ1n) is 6.55. The van der Waals surface area contributed by atoms with Crippen LogP contribution < -0.4 is 5.32 Å². The van der Waals surface area contributed by atoms with E-state index in [1.807, 2.05) is 0 Å². The maximum Gasteiger partial charge on any atom is 0.0158 e. The highest BCUT2D eigenvalue weighted by atomic mass is 32.2. The maximum absolute atomic E-state index is 3.66. The van der Waals surface area contributed by atoms with Crippen molar-refractivity contribution >= 4 is 11.8 Å². The van der Waals surface area contributed by atoms with Crippen LogP contribution in [0, 0.1) is 0 Å². The number of nitrogens with one attached hydrogen (secondary N) is 1. The number of unbranched alkanes of at least 4 members (excludes halogenated alkanes) is 2. The Labute approximate surface area is 101 Å². The van der Waals surface area contributed by atoms with Gasteiger partial charge in [-0.1, -0.05) is 47.0 Å². The minimum absolute atomic E-state index is 0.740. The topological polar surface area (TPSA) is 12.0 Å². The molecule has 0 radical (unpaired) electrons. The Hall–Kier alpha value is 0.310. The van der Waals surface area contributed by atoms with Gasteiger partial charge >= 0.3 is 0 Å². The molecule has 0 saturated carbocycles. The van der Waals surface area contributed by atoms with E-state index < -0.39 is 0 Å². The standard InChI is InChI=1S/C13H29NS/c1-5-7-8-9-13(14-10-6-2)11-15-12(3)4/h12-14H,5-11H2,1-4H3. The van der Waals surface area contributed by atoms with Gasteiger partial charge in [0.25, 0.3) is 0 Å². The Balaban J connectivity index is 3.63. The van der Waals surface area contributed by atoms with Crippen molar-refractivity contribution in [3.05, 3.63) is 0 Å². The normalized spacial score (nSPS) is 13.4. The zero-order valence-corrected chi connectivity index (χ0v) is 11.8. The second-order valence-electron chi connectivity index (χ2n) is 4.53. The Kier molecular flexibility index (Phi) is 11.0. The summed E-state index contributed by atoms with van der Waals surface area (Å²) < 4.78 is 0. The van der Waals surface area contributed by atoms with Crippen molar-refractivity contribution in [3.63, 3.8) is 0 Å². The lowest BCUT2D eigenvalue weighted by Crippen LogP contribution is -2.32. The lowest BCUT2D eigenvalue weighted by molar-refractivity contribution is 0.493. The molecule has 1 atom stereocenters. The second-order valence-corrected chi connectivity index (χ2v) is 6.14. The second kappa shape index (κ2) is 10.8. The van der Waals surface area contributed by atoms with Crippen LogP contribution in [0.1, 0.15) is 59.8 Å². The molecule has 0 fully saturated rings. The Bertz CT molecular complexity index is 126. The van der Waals surface area contributed by atoms with Gasteiger partial charge in [0.05, 0.1) is 0 Å². The SMILES string of the molecule is CCCCCC(CSC(C)C)NCCC. The lowest BCUT2D eigenvalue weighted by atomic mass is 10.1. The highest BCUT2D eigenvalue weighted by molar-refractivity contribution is 7.99. The molecule has 0 aromatic rings. The van der Waals surface area contributed by atoms with Crippen LogP contribution in [-0.2, 0) is 0 Å². The van der Waals surface area contributed by atoms with Gasteiger partial charge in [-0.2, -0.15) is 11.8 Å². The van der Waals surface area contributed by atoms with Gasteiger partial charge in [0, 0.05) is 11.8 Å².